The minimum absolute atomic E-state index is 0.423. The van der Waals surface area contributed by atoms with Gasteiger partial charge in [0, 0.05) is 12.6 Å². The highest BCUT2D eigenvalue weighted by Crippen LogP contribution is 2.36. The summed E-state index contributed by atoms with van der Waals surface area (Å²) < 4.78 is 2.31. The van der Waals surface area contributed by atoms with Crippen LogP contribution in [0.25, 0.3) is 0 Å². The molecule has 4 nitrogen and oxygen atoms in total. The molecule has 1 aliphatic heterocycles. The van der Waals surface area contributed by atoms with Gasteiger partial charge in [-0.3, -0.25) is 0 Å². The van der Waals surface area contributed by atoms with Gasteiger partial charge in [-0.25, -0.2) is 0 Å². The molecule has 0 aromatic carbocycles. The highest BCUT2D eigenvalue weighted by molar-refractivity contribution is 5.04. The molecule has 3 atom stereocenters. The smallest absolute Gasteiger partial charge is 0.150 e. The molecule has 2 aliphatic rings. The predicted molar refractivity (Wildman–Crippen MR) is 75.9 cm³/mol. The van der Waals surface area contributed by atoms with Crippen molar-refractivity contribution in [1.29, 1.82) is 0 Å². The number of hydrogen-bond donors (Lipinski definition) is 1. The summed E-state index contributed by atoms with van der Waals surface area (Å²) >= 11 is 0. The van der Waals surface area contributed by atoms with Gasteiger partial charge in [0.05, 0.1) is 6.04 Å². The second kappa shape index (κ2) is 5.61. The Hall–Kier alpha value is -0.900. The Morgan fingerprint density at radius 1 is 1.16 bits per heavy atom. The van der Waals surface area contributed by atoms with Gasteiger partial charge in [-0.15, -0.1) is 10.2 Å². The van der Waals surface area contributed by atoms with Crippen LogP contribution < -0.4 is 5.32 Å². The Bertz CT molecular complexity index is 426. The summed E-state index contributed by atoms with van der Waals surface area (Å²) in [4.78, 5) is 0. The van der Waals surface area contributed by atoms with Gasteiger partial charge in [0.2, 0.25) is 0 Å². The Labute approximate surface area is 116 Å². The predicted octanol–water partition coefficient (Wildman–Crippen LogP) is 2.98. The summed E-state index contributed by atoms with van der Waals surface area (Å²) in [5.74, 6) is 3.14. The van der Waals surface area contributed by atoms with Crippen LogP contribution in [0.3, 0.4) is 0 Å². The van der Waals surface area contributed by atoms with E-state index in [1.165, 1.54) is 44.3 Å². The van der Waals surface area contributed by atoms with Gasteiger partial charge in [-0.2, -0.15) is 0 Å². The summed E-state index contributed by atoms with van der Waals surface area (Å²) in [6.45, 7) is 5.33. The van der Waals surface area contributed by atoms with Crippen LogP contribution in [-0.2, 0) is 6.54 Å². The normalized spacial score (nSPS) is 31.2. The van der Waals surface area contributed by atoms with Crippen molar-refractivity contribution in [2.45, 2.75) is 77.4 Å². The monoisotopic (exact) mass is 262 g/mol. The summed E-state index contributed by atoms with van der Waals surface area (Å²) in [6.07, 6.45) is 9.32. The lowest BCUT2D eigenvalue weighted by atomic mass is 9.77. The van der Waals surface area contributed by atoms with Gasteiger partial charge in [0.25, 0.3) is 0 Å². The molecular weight excluding hydrogens is 236 g/mol. The Morgan fingerprint density at radius 3 is 2.84 bits per heavy atom. The molecule has 2 fully saturated rings. The Morgan fingerprint density at radius 2 is 2.00 bits per heavy atom. The number of hydrogen-bond acceptors (Lipinski definition) is 3. The lowest BCUT2D eigenvalue weighted by Gasteiger charge is -2.40. The van der Waals surface area contributed by atoms with E-state index in [0.717, 1.165) is 30.7 Å². The van der Waals surface area contributed by atoms with E-state index in [1.54, 1.807) is 0 Å². The molecule has 3 unspecified atom stereocenters. The molecule has 1 aromatic heterocycles. The molecule has 0 amide bonds. The number of rotatable bonds is 3. The highest BCUT2D eigenvalue weighted by Gasteiger charge is 2.34. The molecule has 0 spiro atoms. The van der Waals surface area contributed by atoms with Gasteiger partial charge < -0.3 is 9.88 Å². The van der Waals surface area contributed by atoms with Gasteiger partial charge in [-0.05, 0) is 44.9 Å². The van der Waals surface area contributed by atoms with Crippen molar-refractivity contribution < 1.29 is 0 Å². The Balaban J connectivity index is 1.75. The van der Waals surface area contributed by atoms with Crippen LogP contribution in [0.1, 0.15) is 69.6 Å². The van der Waals surface area contributed by atoms with E-state index >= 15 is 0 Å². The molecule has 106 valence electrons. The zero-order valence-corrected chi connectivity index (χ0v) is 12.2. The van der Waals surface area contributed by atoms with Crippen molar-refractivity contribution in [3.63, 3.8) is 0 Å². The summed E-state index contributed by atoms with van der Waals surface area (Å²) in [5.41, 5.74) is 0. The number of aromatic nitrogens is 3. The highest BCUT2D eigenvalue weighted by atomic mass is 15.3. The van der Waals surface area contributed by atoms with Gasteiger partial charge in [-0.1, -0.05) is 19.8 Å². The van der Waals surface area contributed by atoms with Crippen LogP contribution in [0, 0.1) is 12.8 Å². The quantitative estimate of drug-likeness (QED) is 0.910. The second-order valence-corrected chi connectivity index (χ2v) is 6.20. The molecule has 2 heterocycles. The average Bonchev–Trinajstić information content (AvgIpc) is 2.80. The number of nitrogens with zero attached hydrogens (tertiary/aromatic N) is 3. The molecule has 1 saturated carbocycles. The molecule has 1 N–H and O–H groups in total. The zero-order valence-electron chi connectivity index (χ0n) is 12.2. The molecular formula is C15H26N4. The third-order valence-corrected chi connectivity index (χ3v) is 4.87. The third-order valence-electron chi connectivity index (χ3n) is 4.87. The zero-order chi connectivity index (χ0) is 13.2. The topological polar surface area (TPSA) is 42.7 Å². The fraction of sp³-hybridized carbons (Fsp3) is 0.867. The first-order valence-electron chi connectivity index (χ1n) is 7.95. The maximum absolute atomic E-state index is 4.45. The van der Waals surface area contributed by atoms with E-state index in [-0.39, 0.29) is 0 Å². The summed E-state index contributed by atoms with van der Waals surface area (Å²) in [5, 5.41) is 12.6. The van der Waals surface area contributed by atoms with Crippen LogP contribution in [0.15, 0.2) is 0 Å². The van der Waals surface area contributed by atoms with Crippen LogP contribution in [0.5, 0.6) is 0 Å². The number of fused-ring (bicyclic) bond motifs is 1. The standard InChI is InChI=1S/C15H26N4/c1-3-10-19-11(2)17-18-15(19)14-9-8-12-6-4-5-7-13(12)16-14/h12-14,16H,3-10H2,1-2H3. The number of piperidine rings is 1. The lowest BCUT2D eigenvalue weighted by Crippen LogP contribution is -2.45. The first kappa shape index (κ1) is 13.1. The lowest BCUT2D eigenvalue weighted by molar-refractivity contribution is 0.171. The maximum atomic E-state index is 4.45. The van der Waals surface area contributed by atoms with E-state index in [1.807, 2.05) is 0 Å². The van der Waals surface area contributed by atoms with E-state index in [2.05, 4.69) is 33.9 Å². The molecule has 0 bridgehead atoms. The van der Waals surface area contributed by atoms with E-state index in [0.29, 0.717) is 6.04 Å². The van der Waals surface area contributed by atoms with Gasteiger partial charge >= 0.3 is 0 Å². The molecule has 4 heteroatoms. The minimum Gasteiger partial charge on any atom is -0.314 e. The molecule has 1 aromatic rings. The molecule has 3 rings (SSSR count). The van der Waals surface area contributed by atoms with Crippen molar-refractivity contribution in [2.75, 3.05) is 0 Å². The van der Waals surface area contributed by atoms with Crippen LogP contribution in [0.2, 0.25) is 0 Å². The SMILES string of the molecule is CCCn1c(C)nnc1C1CCC2CCCCC2N1. The van der Waals surface area contributed by atoms with Crippen molar-refractivity contribution >= 4 is 0 Å². The second-order valence-electron chi connectivity index (χ2n) is 6.20. The van der Waals surface area contributed by atoms with Crippen LogP contribution in [-0.4, -0.2) is 20.8 Å². The van der Waals surface area contributed by atoms with Crippen LogP contribution in [0.4, 0.5) is 0 Å². The average molecular weight is 262 g/mol. The van der Waals surface area contributed by atoms with Crippen LogP contribution >= 0.6 is 0 Å². The van der Waals surface area contributed by atoms with Crippen molar-refractivity contribution in [3.8, 4) is 0 Å². The van der Waals surface area contributed by atoms with Gasteiger partial charge in [0.15, 0.2) is 0 Å². The molecule has 1 aliphatic carbocycles. The molecule has 1 saturated heterocycles. The molecule has 0 radical (unpaired) electrons. The largest absolute Gasteiger partial charge is 0.314 e. The minimum atomic E-state index is 0.423. The van der Waals surface area contributed by atoms with E-state index < -0.39 is 0 Å². The number of nitrogens with one attached hydrogen (secondary N) is 1. The van der Waals surface area contributed by atoms with Gasteiger partial charge in [0.1, 0.15) is 11.6 Å². The molecule has 19 heavy (non-hydrogen) atoms. The fourth-order valence-corrected chi connectivity index (χ4v) is 3.85. The van der Waals surface area contributed by atoms with E-state index in [9.17, 15) is 0 Å². The van der Waals surface area contributed by atoms with Crippen molar-refractivity contribution in [3.05, 3.63) is 11.6 Å². The van der Waals surface area contributed by atoms with Crippen molar-refractivity contribution in [2.24, 2.45) is 5.92 Å². The van der Waals surface area contributed by atoms with Crippen molar-refractivity contribution in [1.82, 2.24) is 20.1 Å². The third kappa shape index (κ3) is 2.55. The number of aryl methyl sites for hydroxylation is 1. The summed E-state index contributed by atoms with van der Waals surface area (Å²) in [6, 6.07) is 1.15. The van der Waals surface area contributed by atoms with E-state index in [4.69, 9.17) is 0 Å². The Kier molecular flexibility index (Phi) is 3.87. The maximum Gasteiger partial charge on any atom is 0.150 e. The fourth-order valence-electron chi connectivity index (χ4n) is 3.85. The first-order valence-corrected chi connectivity index (χ1v) is 7.95. The first-order chi connectivity index (χ1) is 9.29. The summed E-state index contributed by atoms with van der Waals surface area (Å²) in [7, 11) is 0.